The lowest BCUT2D eigenvalue weighted by Crippen LogP contribution is -2.48. The first-order chi connectivity index (χ1) is 12.2. The van der Waals surface area contributed by atoms with Crippen LogP contribution in [0.4, 0.5) is 0 Å². The summed E-state index contributed by atoms with van der Waals surface area (Å²) in [5.41, 5.74) is 0.806. The summed E-state index contributed by atoms with van der Waals surface area (Å²) >= 11 is 0. The van der Waals surface area contributed by atoms with Crippen molar-refractivity contribution in [3.63, 3.8) is 0 Å². The van der Waals surface area contributed by atoms with Gasteiger partial charge < -0.3 is 20.3 Å². The van der Waals surface area contributed by atoms with E-state index in [-0.39, 0.29) is 23.3 Å². The minimum absolute atomic E-state index is 0.0149. The van der Waals surface area contributed by atoms with E-state index in [1.165, 1.54) is 12.1 Å². The summed E-state index contributed by atoms with van der Waals surface area (Å²) in [7, 11) is 0. The summed E-state index contributed by atoms with van der Waals surface area (Å²) in [5, 5.41) is 23.1. The number of rotatable bonds is 6. The molecule has 0 saturated heterocycles. The third kappa shape index (κ3) is 4.99. The fourth-order valence-corrected chi connectivity index (χ4v) is 2.72. The summed E-state index contributed by atoms with van der Waals surface area (Å²) in [5.74, 6) is 0.173. The fourth-order valence-electron chi connectivity index (χ4n) is 2.72. The van der Waals surface area contributed by atoms with Crippen molar-refractivity contribution in [3.05, 3.63) is 59.7 Å². The molecular formula is C21H27NO4. The van der Waals surface area contributed by atoms with Crippen molar-refractivity contribution in [3.8, 4) is 11.5 Å². The zero-order valence-electron chi connectivity index (χ0n) is 15.7. The van der Waals surface area contributed by atoms with E-state index in [4.69, 9.17) is 4.74 Å². The Morgan fingerprint density at radius 2 is 1.73 bits per heavy atom. The van der Waals surface area contributed by atoms with Gasteiger partial charge in [-0.25, -0.2) is 0 Å². The number of hydrogen-bond donors (Lipinski definition) is 3. The standard InChI is InChI=1S/C21H27NO4/c1-14-9-5-8-12-18(14)26-19(21(2,3)4)17(24)13-22-20(25)15-10-6-7-11-16(15)23/h5-12,17,19,23-24H,13H2,1-4H3,(H,22,25). The number of para-hydroxylation sites is 2. The predicted molar refractivity (Wildman–Crippen MR) is 101 cm³/mol. The maximum Gasteiger partial charge on any atom is 0.255 e. The van der Waals surface area contributed by atoms with Crippen LogP contribution in [0, 0.1) is 12.3 Å². The molecule has 0 aliphatic carbocycles. The van der Waals surface area contributed by atoms with Crippen molar-refractivity contribution in [1.82, 2.24) is 5.32 Å². The normalized spacial score (nSPS) is 13.7. The molecule has 0 aromatic heterocycles. The van der Waals surface area contributed by atoms with Crippen molar-refractivity contribution in [1.29, 1.82) is 0 Å². The second-order valence-electron chi connectivity index (χ2n) is 7.46. The monoisotopic (exact) mass is 357 g/mol. The molecule has 0 heterocycles. The summed E-state index contributed by atoms with van der Waals surface area (Å²) in [6.45, 7) is 7.89. The molecule has 2 atom stereocenters. The Hall–Kier alpha value is -2.53. The van der Waals surface area contributed by atoms with E-state index in [0.29, 0.717) is 5.75 Å². The molecule has 0 bridgehead atoms. The molecule has 0 aliphatic heterocycles. The van der Waals surface area contributed by atoms with E-state index in [0.717, 1.165) is 5.56 Å². The van der Waals surface area contributed by atoms with Crippen molar-refractivity contribution in [2.24, 2.45) is 5.41 Å². The number of hydrogen-bond acceptors (Lipinski definition) is 4. The van der Waals surface area contributed by atoms with Gasteiger partial charge in [-0.05, 0) is 30.7 Å². The van der Waals surface area contributed by atoms with Gasteiger partial charge >= 0.3 is 0 Å². The van der Waals surface area contributed by atoms with Crippen molar-refractivity contribution < 1.29 is 19.7 Å². The van der Waals surface area contributed by atoms with E-state index < -0.39 is 18.1 Å². The molecule has 26 heavy (non-hydrogen) atoms. The average Bonchev–Trinajstić information content (AvgIpc) is 2.58. The van der Waals surface area contributed by atoms with E-state index in [1.54, 1.807) is 12.1 Å². The largest absolute Gasteiger partial charge is 0.507 e. The first kappa shape index (κ1) is 19.8. The molecule has 1 amide bonds. The highest BCUT2D eigenvalue weighted by Crippen LogP contribution is 2.29. The number of phenolic OH excluding ortho intramolecular Hbond substituents is 1. The Morgan fingerprint density at radius 1 is 1.12 bits per heavy atom. The zero-order valence-corrected chi connectivity index (χ0v) is 15.7. The van der Waals surface area contributed by atoms with Gasteiger partial charge in [0.05, 0.1) is 5.56 Å². The van der Waals surface area contributed by atoms with Gasteiger partial charge in [-0.2, -0.15) is 0 Å². The summed E-state index contributed by atoms with van der Waals surface area (Å²) in [4.78, 5) is 12.2. The van der Waals surface area contributed by atoms with Crippen molar-refractivity contribution in [2.75, 3.05) is 6.54 Å². The molecule has 0 saturated carbocycles. The summed E-state index contributed by atoms with van der Waals surface area (Å²) < 4.78 is 6.08. The molecule has 0 radical (unpaired) electrons. The van der Waals surface area contributed by atoms with Crippen LogP contribution < -0.4 is 10.1 Å². The maximum absolute atomic E-state index is 12.2. The number of aliphatic hydroxyl groups is 1. The highest BCUT2D eigenvalue weighted by Gasteiger charge is 2.34. The molecule has 0 spiro atoms. The molecule has 2 unspecified atom stereocenters. The number of carbonyl (C=O) groups excluding carboxylic acids is 1. The number of aromatic hydroxyl groups is 1. The topological polar surface area (TPSA) is 78.8 Å². The van der Waals surface area contributed by atoms with Gasteiger partial charge in [0.15, 0.2) is 0 Å². The lowest BCUT2D eigenvalue weighted by Gasteiger charge is -2.35. The number of benzene rings is 2. The van der Waals surface area contributed by atoms with E-state index in [1.807, 2.05) is 52.0 Å². The molecule has 0 fully saturated rings. The van der Waals surface area contributed by atoms with E-state index in [9.17, 15) is 15.0 Å². The van der Waals surface area contributed by atoms with Gasteiger partial charge in [0.1, 0.15) is 23.7 Å². The van der Waals surface area contributed by atoms with Crippen molar-refractivity contribution >= 4 is 5.91 Å². The highest BCUT2D eigenvalue weighted by atomic mass is 16.5. The molecular weight excluding hydrogens is 330 g/mol. The number of carbonyl (C=O) groups is 1. The number of phenols is 1. The third-order valence-corrected chi connectivity index (χ3v) is 4.17. The second-order valence-corrected chi connectivity index (χ2v) is 7.46. The number of nitrogens with one attached hydrogen (secondary N) is 1. The van der Waals surface area contributed by atoms with Crippen LogP contribution in [0.25, 0.3) is 0 Å². The number of aryl methyl sites for hydroxylation is 1. The van der Waals surface area contributed by atoms with Gasteiger partial charge in [0.25, 0.3) is 5.91 Å². The van der Waals surface area contributed by atoms with Crippen molar-refractivity contribution in [2.45, 2.75) is 39.9 Å². The maximum atomic E-state index is 12.2. The minimum Gasteiger partial charge on any atom is -0.507 e. The Labute approximate surface area is 154 Å². The van der Waals surface area contributed by atoms with Gasteiger partial charge in [0, 0.05) is 12.0 Å². The number of aliphatic hydroxyl groups excluding tert-OH is 1. The van der Waals surface area contributed by atoms with Gasteiger partial charge in [-0.1, -0.05) is 51.1 Å². The Morgan fingerprint density at radius 3 is 2.35 bits per heavy atom. The molecule has 5 nitrogen and oxygen atoms in total. The molecule has 2 aromatic rings. The third-order valence-electron chi connectivity index (χ3n) is 4.17. The Bertz CT molecular complexity index is 752. The fraction of sp³-hybridized carbons (Fsp3) is 0.381. The lowest BCUT2D eigenvalue weighted by atomic mass is 9.85. The quantitative estimate of drug-likeness (QED) is 0.741. The van der Waals surface area contributed by atoms with E-state index >= 15 is 0 Å². The van der Waals surface area contributed by atoms with E-state index in [2.05, 4.69) is 5.32 Å². The van der Waals surface area contributed by atoms with Gasteiger partial charge in [0.2, 0.25) is 0 Å². The number of amides is 1. The summed E-state index contributed by atoms with van der Waals surface area (Å²) in [6.07, 6.45) is -1.43. The molecule has 3 N–H and O–H groups in total. The first-order valence-electron chi connectivity index (χ1n) is 8.66. The van der Waals surface area contributed by atoms with Crippen LogP contribution in [0.5, 0.6) is 11.5 Å². The van der Waals surface area contributed by atoms with Crippen LogP contribution >= 0.6 is 0 Å². The molecule has 2 aromatic carbocycles. The predicted octanol–water partition coefficient (Wildman–Crippen LogP) is 3.29. The lowest BCUT2D eigenvalue weighted by molar-refractivity contribution is -0.0254. The van der Waals surface area contributed by atoms with Crippen LogP contribution in [-0.2, 0) is 0 Å². The SMILES string of the molecule is Cc1ccccc1OC(C(O)CNC(=O)c1ccccc1O)C(C)(C)C. The molecule has 140 valence electrons. The Kier molecular flexibility index (Phi) is 6.27. The van der Waals surface area contributed by atoms with Crippen LogP contribution in [0.2, 0.25) is 0 Å². The zero-order chi connectivity index (χ0) is 19.3. The average molecular weight is 357 g/mol. The van der Waals surface area contributed by atoms with Crippen LogP contribution in [-0.4, -0.2) is 34.9 Å². The first-order valence-corrected chi connectivity index (χ1v) is 8.66. The number of ether oxygens (including phenoxy) is 1. The van der Waals surface area contributed by atoms with Crippen LogP contribution in [0.3, 0.4) is 0 Å². The molecule has 0 aliphatic rings. The smallest absolute Gasteiger partial charge is 0.255 e. The Balaban J connectivity index is 2.08. The van der Waals surface area contributed by atoms with Gasteiger partial charge in [-0.3, -0.25) is 4.79 Å². The molecule has 5 heteroatoms. The van der Waals surface area contributed by atoms with Crippen LogP contribution in [0.15, 0.2) is 48.5 Å². The van der Waals surface area contributed by atoms with Gasteiger partial charge in [-0.15, -0.1) is 0 Å². The highest BCUT2D eigenvalue weighted by molar-refractivity contribution is 5.96. The second kappa shape index (κ2) is 8.23. The van der Waals surface area contributed by atoms with Crippen LogP contribution in [0.1, 0.15) is 36.7 Å². The summed E-state index contributed by atoms with van der Waals surface area (Å²) in [6, 6.07) is 13.9. The minimum atomic E-state index is -0.913. The molecule has 2 rings (SSSR count).